The number of halogens is 1. The molecule has 10 heteroatoms. The van der Waals surface area contributed by atoms with Crippen LogP contribution in [-0.2, 0) is 14.3 Å². The zero-order chi connectivity index (χ0) is 19.1. The lowest BCUT2D eigenvalue weighted by molar-refractivity contribution is -0.384. The number of carbonyl (C=O) groups is 3. The summed E-state index contributed by atoms with van der Waals surface area (Å²) < 4.78 is 4.84. The van der Waals surface area contributed by atoms with E-state index in [-0.39, 0.29) is 16.5 Å². The van der Waals surface area contributed by atoms with Gasteiger partial charge in [0.1, 0.15) is 11.1 Å². The summed E-state index contributed by atoms with van der Waals surface area (Å²) in [6.07, 6.45) is 0. The van der Waals surface area contributed by atoms with Crippen molar-refractivity contribution in [3.05, 3.63) is 38.9 Å². The number of esters is 1. The molecule has 9 nitrogen and oxygen atoms in total. The number of nitrogens with zero attached hydrogens (tertiary/aromatic N) is 1. The van der Waals surface area contributed by atoms with E-state index in [0.717, 1.165) is 6.07 Å². The van der Waals surface area contributed by atoms with Gasteiger partial charge in [-0.2, -0.15) is 0 Å². The van der Waals surface area contributed by atoms with Crippen molar-refractivity contribution in [1.29, 1.82) is 0 Å². The van der Waals surface area contributed by atoms with Gasteiger partial charge < -0.3 is 15.4 Å². The van der Waals surface area contributed by atoms with Crippen molar-refractivity contribution < 1.29 is 24.0 Å². The molecule has 1 aromatic rings. The van der Waals surface area contributed by atoms with Gasteiger partial charge in [-0.1, -0.05) is 25.4 Å². The molecular weight excluding hydrogens is 354 g/mol. The number of rotatable bonds is 7. The first-order valence-corrected chi connectivity index (χ1v) is 7.67. The first-order chi connectivity index (χ1) is 11.7. The molecular formula is C15H18ClN3O6. The Kier molecular flexibility index (Phi) is 7.31. The molecule has 0 aliphatic rings. The van der Waals surface area contributed by atoms with E-state index in [4.69, 9.17) is 16.3 Å². The average molecular weight is 372 g/mol. The molecule has 0 radical (unpaired) electrons. The number of carbonyl (C=O) groups excluding carboxylic acids is 3. The lowest BCUT2D eigenvalue weighted by Gasteiger charge is -2.20. The third-order valence-electron chi connectivity index (χ3n) is 3.24. The van der Waals surface area contributed by atoms with Crippen LogP contribution in [0.4, 0.5) is 5.69 Å². The number of nitrogens with one attached hydrogen (secondary N) is 2. The van der Waals surface area contributed by atoms with Crippen LogP contribution in [0, 0.1) is 16.0 Å². The maximum atomic E-state index is 12.3. The fraction of sp³-hybridized carbons (Fsp3) is 0.400. The minimum absolute atomic E-state index is 0.0270. The Labute approximate surface area is 148 Å². The van der Waals surface area contributed by atoms with E-state index in [1.54, 1.807) is 13.8 Å². The lowest BCUT2D eigenvalue weighted by Crippen LogP contribution is -2.46. The Morgan fingerprint density at radius 3 is 2.48 bits per heavy atom. The van der Waals surface area contributed by atoms with Crippen molar-refractivity contribution >= 4 is 35.1 Å². The number of amides is 2. The first-order valence-electron chi connectivity index (χ1n) is 7.29. The maximum absolute atomic E-state index is 12.3. The van der Waals surface area contributed by atoms with Gasteiger partial charge in [-0.25, -0.2) is 4.79 Å². The second-order valence-corrected chi connectivity index (χ2v) is 5.81. The van der Waals surface area contributed by atoms with Gasteiger partial charge in [0.2, 0.25) is 0 Å². The third-order valence-corrected chi connectivity index (χ3v) is 3.56. The highest BCUT2D eigenvalue weighted by atomic mass is 35.5. The monoisotopic (exact) mass is 371 g/mol. The fourth-order valence-electron chi connectivity index (χ4n) is 1.81. The normalized spacial score (nSPS) is 11.6. The standard InChI is InChI=1S/C15H18ClN3O6/c1-8(2)13(15(22)25-7-12(20)17-3)18-14(21)9-4-5-10(16)11(6-9)19(23)24/h4-6,8,13H,7H2,1-3H3,(H,17,20)(H,18,21)/t13-/m0/s1. The summed E-state index contributed by atoms with van der Waals surface area (Å²) in [4.78, 5) is 45.6. The molecule has 2 amide bonds. The van der Waals surface area contributed by atoms with Crippen molar-refractivity contribution in [3.8, 4) is 0 Å². The van der Waals surface area contributed by atoms with Crippen LogP contribution in [0.15, 0.2) is 18.2 Å². The molecule has 0 spiro atoms. The molecule has 136 valence electrons. The molecule has 25 heavy (non-hydrogen) atoms. The summed E-state index contributed by atoms with van der Waals surface area (Å²) in [5.41, 5.74) is -0.446. The van der Waals surface area contributed by atoms with Crippen LogP contribution in [-0.4, -0.2) is 42.4 Å². The number of hydrogen-bond donors (Lipinski definition) is 2. The zero-order valence-corrected chi connectivity index (χ0v) is 14.6. The van der Waals surface area contributed by atoms with Gasteiger partial charge >= 0.3 is 5.97 Å². The minimum Gasteiger partial charge on any atom is -0.454 e. The smallest absolute Gasteiger partial charge is 0.329 e. The van der Waals surface area contributed by atoms with Gasteiger partial charge in [0.15, 0.2) is 6.61 Å². The van der Waals surface area contributed by atoms with Crippen LogP contribution < -0.4 is 10.6 Å². The largest absolute Gasteiger partial charge is 0.454 e. The topological polar surface area (TPSA) is 128 Å². The molecule has 0 unspecified atom stereocenters. The number of nitro groups is 1. The fourth-order valence-corrected chi connectivity index (χ4v) is 2.00. The summed E-state index contributed by atoms with van der Waals surface area (Å²) in [5, 5.41) is 15.5. The molecule has 1 aromatic carbocycles. The zero-order valence-electron chi connectivity index (χ0n) is 13.9. The maximum Gasteiger partial charge on any atom is 0.329 e. The molecule has 0 aromatic heterocycles. The lowest BCUT2D eigenvalue weighted by atomic mass is 10.0. The van der Waals surface area contributed by atoms with Gasteiger partial charge in [0, 0.05) is 18.7 Å². The Hall–Kier alpha value is -2.68. The molecule has 0 heterocycles. The second kappa shape index (κ2) is 8.97. The highest BCUT2D eigenvalue weighted by Crippen LogP contribution is 2.25. The van der Waals surface area contributed by atoms with Crippen molar-refractivity contribution in [3.63, 3.8) is 0 Å². The van der Waals surface area contributed by atoms with Crippen molar-refractivity contribution in [2.75, 3.05) is 13.7 Å². The quantitative estimate of drug-likeness (QED) is 0.422. The first kappa shape index (κ1) is 20.4. The molecule has 1 rings (SSSR count). The summed E-state index contributed by atoms with van der Waals surface area (Å²) in [7, 11) is 1.39. The Morgan fingerprint density at radius 1 is 1.32 bits per heavy atom. The summed E-state index contributed by atoms with van der Waals surface area (Å²) in [6, 6.07) is 2.53. The number of likely N-dealkylation sites (N-methyl/N-ethyl adjacent to an activating group) is 1. The van der Waals surface area contributed by atoms with Gasteiger partial charge in [-0.15, -0.1) is 0 Å². The summed E-state index contributed by atoms with van der Waals surface area (Å²) in [6.45, 7) is 2.88. The minimum atomic E-state index is -1.02. The number of nitro benzene ring substituents is 1. The molecule has 2 N–H and O–H groups in total. The van der Waals surface area contributed by atoms with Crippen LogP contribution in [0.1, 0.15) is 24.2 Å². The SMILES string of the molecule is CNC(=O)COC(=O)[C@@H](NC(=O)c1ccc(Cl)c([N+](=O)[O-])c1)C(C)C. The van der Waals surface area contributed by atoms with Crippen LogP contribution in [0.2, 0.25) is 5.02 Å². The van der Waals surface area contributed by atoms with Gasteiger partial charge in [0.05, 0.1) is 4.92 Å². The van der Waals surface area contributed by atoms with E-state index in [2.05, 4.69) is 10.6 Å². The van der Waals surface area contributed by atoms with Crippen molar-refractivity contribution in [1.82, 2.24) is 10.6 Å². The highest BCUT2D eigenvalue weighted by Gasteiger charge is 2.27. The van der Waals surface area contributed by atoms with Crippen LogP contribution >= 0.6 is 11.6 Å². The molecule has 0 aliphatic carbocycles. The molecule has 0 aliphatic heterocycles. The predicted octanol–water partition coefficient (Wildman–Crippen LogP) is 1.29. The number of ether oxygens (including phenoxy) is 1. The van der Waals surface area contributed by atoms with E-state index >= 15 is 0 Å². The Balaban J connectivity index is 2.90. The van der Waals surface area contributed by atoms with Gasteiger partial charge in [-0.05, 0) is 18.1 Å². The van der Waals surface area contributed by atoms with Gasteiger partial charge in [-0.3, -0.25) is 19.7 Å². The molecule has 1 atom stereocenters. The molecule has 0 fully saturated rings. The third kappa shape index (κ3) is 5.71. The summed E-state index contributed by atoms with van der Waals surface area (Å²) in [5.74, 6) is -2.30. The van der Waals surface area contributed by atoms with Crippen molar-refractivity contribution in [2.24, 2.45) is 5.92 Å². The summed E-state index contributed by atoms with van der Waals surface area (Å²) >= 11 is 5.70. The van der Waals surface area contributed by atoms with Crippen LogP contribution in [0.3, 0.4) is 0 Å². The molecule has 0 saturated carbocycles. The molecule has 0 saturated heterocycles. The Morgan fingerprint density at radius 2 is 1.96 bits per heavy atom. The number of benzene rings is 1. The van der Waals surface area contributed by atoms with E-state index in [1.165, 1.54) is 19.2 Å². The van der Waals surface area contributed by atoms with E-state index in [1.807, 2.05) is 0 Å². The van der Waals surface area contributed by atoms with Crippen LogP contribution in [0.5, 0.6) is 0 Å². The second-order valence-electron chi connectivity index (χ2n) is 5.40. The predicted molar refractivity (Wildman–Crippen MR) is 89.2 cm³/mol. The molecule has 0 bridgehead atoms. The highest BCUT2D eigenvalue weighted by molar-refractivity contribution is 6.32. The van der Waals surface area contributed by atoms with Crippen molar-refractivity contribution in [2.45, 2.75) is 19.9 Å². The van der Waals surface area contributed by atoms with E-state index in [0.29, 0.717) is 0 Å². The number of hydrogen-bond acceptors (Lipinski definition) is 6. The average Bonchev–Trinajstić information content (AvgIpc) is 2.56. The van der Waals surface area contributed by atoms with Crippen LogP contribution in [0.25, 0.3) is 0 Å². The van der Waals surface area contributed by atoms with Gasteiger partial charge in [0.25, 0.3) is 17.5 Å². The Bertz CT molecular complexity index is 692. The van der Waals surface area contributed by atoms with E-state index in [9.17, 15) is 24.5 Å². The van der Waals surface area contributed by atoms with E-state index < -0.39 is 41.0 Å².